The summed E-state index contributed by atoms with van der Waals surface area (Å²) in [7, 11) is 0. The molecular formula is C20H22O6. The van der Waals surface area contributed by atoms with Crippen LogP contribution >= 0.6 is 0 Å². The maximum Gasteiger partial charge on any atom is 0.187 e. The second-order valence-electron chi connectivity index (χ2n) is 6.50. The van der Waals surface area contributed by atoms with Gasteiger partial charge in [0.15, 0.2) is 12.6 Å². The molecule has 2 N–H and O–H groups in total. The zero-order chi connectivity index (χ0) is 17.9. The molecule has 2 saturated heterocycles. The zero-order valence-corrected chi connectivity index (χ0v) is 14.2. The maximum absolute atomic E-state index is 10.5. The lowest BCUT2D eigenvalue weighted by Gasteiger charge is -2.46. The minimum atomic E-state index is -1.20. The maximum atomic E-state index is 10.5. The van der Waals surface area contributed by atoms with Crippen LogP contribution in [0.5, 0.6) is 0 Å². The summed E-state index contributed by atoms with van der Waals surface area (Å²) >= 11 is 0. The van der Waals surface area contributed by atoms with Crippen molar-refractivity contribution in [2.24, 2.45) is 0 Å². The lowest BCUT2D eigenvalue weighted by Crippen LogP contribution is -2.62. The summed E-state index contributed by atoms with van der Waals surface area (Å²) < 4.78 is 23.1. The molecule has 0 spiro atoms. The molecule has 2 aromatic carbocycles. The number of aliphatic hydroxyl groups excluding tert-OH is 2. The Balaban J connectivity index is 1.40. The first-order chi connectivity index (χ1) is 12.7. The minimum Gasteiger partial charge on any atom is -0.387 e. The molecule has 0 aromatic heterocycles. The first-order valence-electron chi connectivity index (χ1n) is 8.71. The fraction of sp³-hybridized carbons (Fsp3) is 0.400. The molecule has 0 aliphatic carbocycles. The van der Waals surface area contributed by atoms with Gasteiger partial charge in [0.2, 0.25) is 0 Å². The SMILES string of the molecule is O[C@@H]1[C@@H](OCc2ccccc2)O[C@H]2CO[C@@H](c3ccccc3)O[C@@H]2[C@H]1O. The smallest absolute Gasteiger partial charge is 0.187 e. The van der Waals surface area contributed by atoms with Gasteiger partial charge in [-0.05, 0) is 5.56 Å². The van der Waals surface area contributed by atoms with Crippen molar-refractivity contribution in [3.63, 3.8) is 0 Å². The van der Waals surface area contributed by atoms with Crippen LogP contribution in [0.25, 0.3) is 0 Å². The Morgan fingerprint density at radius 1 is 0.885 bits per heavy atom. The molecule has 2 aliphatic heterocycles. The fourth-order valence-corrected chi connectivity index (χ4v) is 3.25. The van der Waals surface area contributed by atoms with E-state index < -0.39 is 37.0 Å². The van der Waals surface area contributed by atoms with Gasteiger partial charge in [-0.1, -0.05) is 60.7 Å². The van der Waals surface area contributed by atoms with E-state index in [0.29, 0.717) is 0 Å². The van der Waals surface area contributed by atoms with Crippen LogP contribution in [0.1, 0.15) is 17.4 Å². The van der Waals surface area contributed by atoms with E-state index in [9.17, 15) is 10.2 Å². The lowest BCUT2D eigenvalue weighted by atomic mass is 9.98. The molecule has 0 amide bonds. The van der Waals surface area contributed by atoms with Gasteiger partial charge < -0.3 is 29.2 Å². The van der Waals surface area contributed by atoms with Crippen LogP contribution in [-0.2, 0) is 25.6 Å². The molecule has 6 heteroatoms. The van der Waals surface area contributed by atoms with Gasteiger partial charge >= 0.3 is 0 Å². The first-order valence-corrected chi connectivity index (χ1v) is 8.71. The van der Waals surface area contributed by atoms with Crippen LogP contribution in [0, 0.1) is 0 Å². The quantitative estimate of drug-likeness (QED) is 0.867. The van der Waals surface area contributed by atoms with Crippen LogP contribution in [0.2, 0.25) is 0 Å². The average Bonchev–Trinajstić information content (AvgIpc) is 2.71. The molecule has 2 aliphatic rings. The third-order valence-electron chi connectivity index (χ3n) is 4.66. The third kappa shape index (κ3) is 3.66. The molecule has 2 fully saturated rings. The summed E-state index contributed by atoms with van der Waals surface area (Å²) in [6.45, 7) is 0.528. The van der Waals surface area contributed by atoms with Gasteiger partial charge in [0.25, 0.3) is 0 Å². The highest BCUT2D eigenvalue weighted by molar-refractivity contribution is 5.17. The van der Waals surface area contributed by atoms with Crippen LogP contribution < -0.4 is 0 Å². The van der Waals surface area contributed by atoms with Crippen molar-refractivity contribution in [2.45, 2.75) is 43.6 Å². The van der Waals surface area contributed by atoms with Crippen molar-refractivity contribution in [1.29, 1.82) is 0 Å². The first kappa shape index (κ1) is 17.6. The van der Waals surface area contributed by atoms with E-state index in [0.717, 1.165) is 11.1 Å². The molecule has 0 bridgehead atoms. The zero-order valence-electron chi connectivity index (χ0n) is 14.2. The van der Waals surface area contributed by atoms with Gasteiger partial charge in [0.1, 0.15) is 24.4 Å². The Kier molecular flexibility index (Phi) is 5.31. The Morgan fingerprint density at radius 3 is 2.31 bits per heavy atom. The average molecular weight is 358 g/mol. The Morgan fingerprint density at radius 2 is 1.58 bits per heavy atom. The van der Waals surface area contributed by atoms with Crippen LogP contribution in [0.3, 0.4) is 0 Å². The summed E-state index contributed by atoms with van der Waals surface area (Å²) in [6, 6.07) is 19.1. The van der Waals surface area contributed by atoms with Crippen molar-refractivity contribution in [3.8, 4) is 0 Å². The molecule has 0 saturated carbocycles. The topological polar surface area (TPSA) is 77.4 Å². The second-order valence-corrected chi connectivity index (χ2v) is 6.50. The highest BCUT2D eigenvalue weighted by atomic mass is 16.8. The van der Waals surface area contributed by atoms with Gasteiger partial charge in [0, 0.05) is 5.56 Å². The molecule has 2 heterocycles. The van der Waals surface area contributed by atoms with Gasteiger partial charge in [-0.15, -0.1) is 0 Å². The lowest BCUT2D eigenvalue weighted by molar-refractivity contribution is -0.362. The normalized spacial score (nSPS) is 34.2. The van der Waals surface area contributed by atoms with E-state index in [1.165, 1.54) is 0 Å². The number of rotatable bonds is 4. The van der Waals surface area contributed by atoms with E-state index in [1.807, 2.05) is 60.7 Å². The number of benzene rings is 2. The number of hydrogen-bond acceptors (Lipinski definition) is 6. The molecule has 4 rings (SSSR count). The van der Waals surface area contributed by atoms with Gasteiger partial charge in [-0.3, -0.25) is 0 Å². The van der Waals surface area contributed by atoms with Gasteiger partial charge in [-0.25, -0.2) is 0 Å². The molecule has 26 heavy (non-hydrogen) atoms. The van der Waals surface area contributed by atoms with Gasteiger partial charge in [0.05, 0.1) is 13.2 Å². The summed E-state index contributed by atoms with van der Waals surface area (Å²) in [4.78, 5) is 0. The number of fused-ring (bicyclic) bond motifs is 1. The van der Waals surface area contributed by atoms with E-state index in [-0.39, 0.29) is 13.2 Å². The molecule has 6 atom stereocenters. The van der Waals surface area contributed by atoms with Crippen LogP contribution in [0.15, 0.2) is 60.7 Å². The summed E-state index contributed by atoms with van der Waals surface area (Å²) in [5.41, 5.74) is 1.82. The number of hydrogen-bond donors (Lipinski definition) is 2. The summed E-state index contributed by atoms with van der Waals surface area (Å²) in [5, 5.41) is 20.9. The Labute approximate surface area is 151 Å². The van der Waals surface area contributed by atoms with Crippen molar-refractivity contribution < 1.29 is 29.2 Å². The second kappa shape index (κ2) is 7.84. The monoisotopic (exact) mass is 358 g/mol. The van der Waals surface area contributed by atoms with E-state index in [4.69, 9.17) is 18.9 Å². The molecule has 2 aromatic rings. The van der Waals surface area contributed by atoms with Crippen molar-refractivity contribution in [2.75, 3.05) is 6.61 Å². The van der Waals surface area contributed by atoms with E-state index in [1.54, 1.807) is 0 Å². The predicted octanol–water partition coefficient (Wildman–Crippen LogP) is 1.76. The summed E-state index contributed by atoms with van der Waals surface area (Å²) in [6.07, 6.45) is -5.04. The highest BCUT2D eigenvalue weighted by Crippen LogP contribution is 2.34. The minimum absolute atomic E-state index is 0.249. The Hall–Kier alpha value is -1.80. The Bertz CT molecular complexity index is 692. The van der Waals surface area contributed by atoms with Crippen molar-refractivity contribution >= 4 is 0 Å². The van der Waals surface area contributed by atoms with E-state index in [2.05, 4.69) is 0 Å². The number of aliphatic hydroxyl groups is 2. The predicted molar refractivity (Wildman–Crippen MR) is 91.9 cm³/mol. The fourth-order valence-electron chi connectivity index (χ4n) is 3.25. The van der Waals surface area contributed by atoms with Crippen molar-refractivity contribution in [1.82, 2.24) is 0 Å². The standard InChI is InChI=1S/C20H22O6/c21-16-17(22)20(23-11-13-7-3-1-4-8-13)25-15-12-24-19(26-18(15)16)14-9-5-2-6-10-14/h1-10,15-22H,11-12H2/t15-,16-,17-,18-,19+,20-/m0/s1. The molecular weight excluding hydrogens is 336 g/mol. The molecule has 138 valence electrons. The van der Waals surface area contributed by atoms with E-state index >= 15 is 0 Å². The highest BCUT2D eigenvalue weighted by Gasteiger charge is 2.49. The van der Waals surface area contributed by atoms with Gasteiger partial charge in [-0.2, -0.15) is 0 Å². The molecule has 6 nitrogen and oxygen atoms in total. The van der Waals surface area contributed by atoms with Crippen LogP contribution in [0.4, 0.5) is 0 Å². The number of ether oxygens (including phenoxy) is 4. The molecule has 0 radical (unpaired) electrons. The van der Waals surface area contributed by atoms with Crippen molar-refractivity contribution in [3.05, 3.63) is 71.8 Å². The third-order valence-corrected chi connectivity index (χ3v) is 4.66. The van der Waals surface area contributed by atoms with Crippen LogP contribution in [-0.4, -0.2) is 47.5 Å². The summed E-state index contributed by atoms with van der Waals surface area (Å²) in [5.74, 6) is 0. The molecule has 0 unspecified atom stereocenters. The largest absolute Gasteiger partial charge is 0.387 e.